The van der Waals surface area contributed by atoms with Gasteiger partial charge in [-0.2, -0.15) is 0 Å². The van der Waals surface area contributed by atoms with Crippen molar-refractivity contribution in [2.75, 3.05) is 31.6 Å². The Morgan fingerprint density at radius 3 is 2.58 bits per heavy atom. The number of sulfonamides is 1. The fourth-order valence-corrected chi connectivity index (χ4v) is 5.74. The average molecular weight is 474 g/mol. The molecule has 1 saturated heterocycles. The Morgan fingerprint density at radius 1 is 1.09 bits per heavy atom. The normalized spacial score (nSPS) is 21.9. The quantitative estimate of drug-likeness (QED) is 0.569. The minimum atomic E-state index is -3.67. The number of nitrogens with one attached hydrogen (secondary N) is 3. The topological polar surface area (TPSA) is 113 Å². The van der Waals surface area contributed by atoms with Gasteiger partial charge in [0.15, 0.2) is 0 Å². The first-order chi connectivity index (χ1) is 16.0. The van der Waals surface area contributed by atoms with Gasteiger partial charge in [-0.15, -0.1) is 0 Å². The molecule has 1 aliphatic carbocycles. The molecule has 0 bridgehead atoms. The van der Waals surface area contributed by atoms with E-state index in [1.807, 2.05) is 6.07 Å². The smallest absolute Gasteiger partial charge is 0.319 e. The number of nitrogens with zero attached hydrogens (tertiary/aromatic N) is 2. The summed E-state index contributed by atoms with van der Waals surface area (Å²) in [7, 11) is -3.67. The van der Waals surface area contributed by atoms with Crippen LogP contribution in [0.2, 0.25) is 0 Å². The molecule has 10 heteroatoms. The Bertz CT molecular complexity index is 1010. The third-order valence-electron chi connectivity index (χ3n) is 6.15. The summed E-state index contributed by atoms with van der Waals surface area (Å²) in [5, 5.41) is 5.47. The van der Waals surface area contributed by atoms with Crippen LogP contribution in [-0.2, 0) is 21.3 Å². The van der Waals surface area contributed by atoms with Gasteiger partial charge in [-0.1, -0.05) is 18.9 Å². The molecule has 2 fully saturated rings. The lowest BCUT2D eigenvalue weighted by Crippen LogP contribution is -2.55. The third-order valence-corrected chi connectivity index (χ3v) is 7.65. The molecule has 2 unspecified atom stereocenters. The summed E-state index contributed by atoms with van der Waals surface area (Å²) in [5.41, 5.74) is 1.40. The number of carbonyl (C=O) groups excluding carboxylic acids is 1. The van der Waals surface area contributed by atoms with Crippen molar-refractivity contribution in [1.29, 1.82) is 0 Å². The summed E-state index contributed by atoms with van der Waals surface area (Å²) in [6.07, 6.45) is 7.31. The van der Waals surface area contributed by atoms with Crippen molar-refractivity contribution in [2.45, 2.75) is 49.2 Å². The molecule has 178 valence electrons. The van der Waals surface area contributed by atoms with Crippen molar-refractivity contribution in [3.05, 3.63) is 54.4 Å². The van der Waals surface area contributed by atoms with Gasteiger partial charge in [0.05, 0.1) is 18.1 Å². The number of ether oxygens (including phenoxy) is 1. The van der Waals surface area contributed by atoms with Crippen molar-refractivity contribution in [3.63, 3.8) is 0 Å². The van der Waals surface area contributed by atoms with Crippen molar-refractivity contribution in [1.82, 2.24) is 19.9 Å². The number of hydrogen-bond donors (Lipinski definition) is 3. The van der Waals surface area contributed by atoms with Crippen molar-refractivity contribution in [3.8, 4) is 0 Å². The summed E-state index contributed by atoms with van der Waals surface area (Å²) < 4.78 is 34.5. The number of amides is 2. The second kappa shape index (κ2) is 11.1. The van der Waals surface area contributed by atoms with Crippen LogP contribution >= 0.6 is 0 Å². The molecular weight excluding hydrogens is 442 g/mol. The average Bonchev–Trinajstić information content (AvgIpc) is 2.84. The lowest BCUT2D eigenvalue weighted by Gasteiger charge is -2.41. The summed E-state index contributed by atoms with van der Waals surface area (Å²) in [6.45, 7) is 3.42. The van der Waals surface area contributed by atoms with Crippen molar-refractivity contribution >= 4 is 21.7 Å². The van der Waals surface area contributed by atoms with Crippen LogP contribution in [-0.4, -0.2) is 62.7 Å². The number of hydrogen-bond acceptors (Lipinski definition) is 6. The molecule has 2 atom stereocenters. The predicted molar refractivity (Wildman–Crippen MR) is 125 cm³/mol. The van der Waals surface area contributed by atoms with Crippen LogP contribution in [0.3, 0.4) is 0 Å². The lowest BCUT2D eigenvalue weighted by atomic mass is 9.89. The van der Waals surface area contributed by atoms with Crippen LogP contribution in [0.5, 0.6) is 0 Å². The molecule has 9 nitrogen and oxygen atoms in total. The second-order valence-corrected chi connectivity index (χ2v) is 10.1. The molecule has 0 spiro atoms. The van der Waals surface area contributed by atoms with E-state index in [4.69, 9.17) is 4.74 Å². The van der Waals surface area contributed by atoms with Gasteiger partial charge in [0, 0.05) is 49.8 Å². The number of benzene rings is 1. The highest BCUT2D eigenvalue weighted by Crippen LogP contribution is 2.26. The Kier molecular flexibility index (Phi) is 7.92. The molecule has 33 heavy (non-hydrogen) atoms. The number of carbonyl (C=O) groups is 1. The Morgan fingerprint density at radius 2 is 1.85 bits per heavy atom. The van der Waals surface area contributed by atoms with Gasteiger partial charge >= 0.3 is 6.03 Å². The van der Waals surface area contributed by atoms with E-state index in [9.17, 15) is 13.2 Å². The summed E-state index contributed by atoms with van der Waals surface area (Å²) >= 11 is 0. The molecule has 0 radical (unpaired) electrons. The highest BCUT2D eigenvalue weighted by molar-refractivity contribution is 7.89. The van der Waals surface area contributed by atoms with Crippen LogP contribution in [0.15, 0.2) is 53.7 Å². The monoisotopic (exact) mass is 473 g/mol. The first-order valence-electron chi connectivity index (χ1n) is 11.4. The van der Waals surface area contributed by atoms with Crippen LogP contribution in [0.25, 0.3) is 0 Å². The van der Waals surface area contributed by atoms with Gasteiger partial charge in [-0.05, 0) is 48.7 Å². The van der Waals surface area contributed by atoms with Gasteiger partial charge in [0.25, 0.3) is 0 Å². The molecular formula is C23H31N5O4S. The van der Waals surface area contributed by atoms with Crippen LogP contribution in [0.1, 0.15) is 31.2 Å². The van der Waals surface area contributed by atoms with Crippen molar-refractivity contribution < 1.29 is 17.9 Å². The van der Waals surface area contributed by atoms with Gasteiger partial charge in [0.1, 0.15) is 0 Å². The molecule has 2 aromatic rings. The number of rotatable bonds is 7. The van der Waals surface area contributed by atoms with E-state index in [1.165, 1.54) is 12.1 Å². The standard InChI is InChI=1S/C23H31N5O4S/c29-23(25-17-18-4-3-11-24-16-18)26-19-7-9-20(10-8-19)33(30,31)27-21-5-1-2-6-22(21)28-12-14-32-15-13-28/h3-4,7-11,16,21-22,27H,1-2,5-6,12-15,17H2,(H2,25,26,29). The lowest BCUT2D eigenvalue weighted by molar-refractivity contribution is 0.00211. The molecule has 3 N–H and O–H groups in total. The van der Waals surface area contributed by atoms with E-state index in [0.717, 1.165) is 44.3 Å². The first kappa shape index (κ1) is 23.6. The Balaban J connectivity index is 1.34. The molecule has 2 amide bonds. The largest absolute Gasteiger partial charge is 0.379 e. The highest BCUT2D eigenvalue weighted by Gasteiger charge is 2.34. The first-order valence-corrected chi connectivity index (χ1v) is 12.9. The molecule has 2 aliphatic rings. The Labute approximate surface area is 195 Å². The SMILES string of the molecule is O=C(NCc1cccnc1)Nc1ccc(S(=O)(=O)NC2CCCCC2N2CCOCC2)cc1. The van der Waals surface area contributed by atoms with E-state index < -0.39 is 10.0 Å². The number of aromatic nitrogens is 1. The van der Waals surface area contributed by atoms with E-state index in [1.54, 1.807) is 30.6 Å². The number of pyridine rings is 1. The zero-order valence-corrected chi connectivity index (χ0v) is 19.4. The summed E-state index contributed by atoms with van der Waals surface area (Å²) in [6, 6.07) is 9.62. The van der Waals surface area contributed by atoms with E-state index in [2.05, 4.69) is 25.2 Å². The molecule has 1 aromatic heterocycles. The van der Waals surface area contributed by atoms with Crippen LogP contribution < -0.4 is 15.4 Å². The maximum atomic E-state index is 13.1. The zero-order chi connectivity index (χ0) is 23.1. The predicted octanol–water partition coefficient (Wildman–Crippen LogP) is 2.33. The number of morpholine rings is 1. The maximum Gasteiger partial charge on any atom is 0.319 e. The van der Waals surface area contributed by atoms with E-state index >= 15 is 0 Å². The van der Waals surface area contributed by atoms with E-state index in [-0.39, 0.29) is 23.0 Å². The molecule has 1 saturated carbocycles. The van der Waals surface area contributed by atoms with Gasteiger partial charge in [0.2, 0.25) is 10.0 Å². The fraction of sp³-hybridized carbons (Fsp3) is 0.478. The third kappa shape index (κ3) is 6.50. The number of anilines is 1. The van der Waals surface area contributed by atoms with Gasteiger partial charge in [-0.25, -0.2) is 17.9 Å². The Hall–Kier alpha value is -2.53. The minimum Gasteiger partial charge on any atom is -0.379 e. The summed E-state index contributed by atoms with van der Waals surface area (Å²) in [5.74, 6) is 0. The van der Waals surface area contributed by atoms with Crippen LogP contribution in [0, 0.1) is 0 Å². The number of urea groups is 1. The second-order valence-electron chi connectivity index (χ2n) is 8.42. The zero-order valence-electron chi connectivity index (χ0n) is 18.6. The highest BCUT2D eigenvalue weighted by atomic mass is 32.2. The maximum absolute atomic E-state index is 13.1. The van der Waals surface area contributed by atoms with Crippen molar-refractivity contribution in [2.24, 2.45) is 0 Å². The molecule has 1 aromatic carbocycles. The van der Waals surface area contributed by atoms with E-state index in [0.29, 0.717) is 25.4 Å². The molecule has 1 aliphatic heterocycles. The minimum absolute atomic E-state index is 0.113. The molecule has 4 rings (SSSR count). The van der Waals surface area contributed by atoms with Gasteiger partial charge in [-0.3, -0.25) is 9.88 Å². The van der Waals surface area contributed by atoms with Crippen LogP contribution in [0.4, 0.5) is 10.5 Å². The molecule has 2 heterocycles. The fourth-order valence-electron chi connectivity index (χ4n) is 4.44. The summed E-state index contributed by atoms with van der Waals surface area (Å²) in [4.78, 5) is 18.7. The van der Waals surface area contributed by atoms with Gasteiger partial charge < -0.3 is 15.4 Å².